The van der Waals surface area contributed by atoms with Crippen LogP contribution in [0.1, 0.15) is 96.8 Å². The number of carboxylic acids is 1. The lowest BCUT2D eigenvalue weighted by molar-refractivity contribution is -0.305. The third kappa shape index (κ3) is 19.0. The maximum atomic E-state index is 11.6. The van der Waals surface area contributed by atoms with Gasteiger partial charge in [0.15, 0.2) is 0 Å². The van der Waals surface area contributed by atoms with Crippen LogP contribution in [0.25, 0.3) is 0 Å². The number of amides is 1. The number of carbonyl (C=O) groups excluding carboxylic acids is 2. The number of hydrogen-bond acceptors (Lipinski definition) is 3. The first-order valence-electron chi connectivity index (χ1n) is 10.2. The molecule has 0 saturated heterocycles. The highest BCUT2D eigenvalue weighted by Gasteiger charge is 2.07. The zero-order valence-corrected chi connectivity index (χ0v) is 17.4. The van der Waals surface area contributed by atoms with Gasteiger partial charge in [0, 0.05) is 13.5 Å². The van der Waals surface area contributed by atoms with E-state index in [4.69, 9.17) is 0 Å². The van der Waals surface area contributed by atoms with Crippen LogP contribution in [0.4, 0.5) is 0 Å². The highest BCUT2D eigenvalue weighted by molar-refractivity contribution is 5.80. The Hall–Kier alpha value is -1.36. The second-order valence-electron chi connectivity index (χ2n) is 6.96. The zero-order valence-electron chi connectivity index (χ0n) is 17.4. The standard InChI is InChI=1S/C21H39NO3.H3N/c1-3-4-5-6-7-8-9-10-11-12-13-14-15-16-17-18-20(23)22(2)19-21(24)25;/h10-11H,3-9,12-19H2,1-2H3,(H,24,25);1H3/b11-10+;. The van der Waals surface area contributed by atoms with E-state index in [1.807, 2.05) is 0 Å². The highest BCUT2D eigenvalue weighted by atomic mass is 16.4. The van der Waals surface area contributed by atoms with Gasteiger partial charge in [0.05, 0.1) is 12.5 Å². The predicted molar refractivity (Wildman–Crippen MR) is 108 cm³/mol. The number of carboxylic acid groups (broad SMARTS) is 1. The summed E-state index contributed by atoms with van der Waals surface area (Å²) in [4.78, 5) is 23.3. The van der Waals surface area contributed by atoms with E-state index in [-0.39, 0.29) is 18.6 Å². The van der Waals surface area contributed by atoms with Crippen molar-refractivity contribution in [3.05, 3.63) is 12.2 Å². The highest BCUT2D eigenvalue weighted by Crippen LogP contribution is 2.10. The molecule has 0 fully saturated rings. The molecule has 26 heavy (non-hydrogen) atoms. The Balaban J connectivity index is 0. The molecule has 5 heteroatoms. The fraction of sp³-hybridized carbons (Fsp3) is 0.810. The van der Waals surface area contributed by atoms with Gasteiger partial charge in [0.25, 0.3) is 0 Å². The third-order valence-electron chi connectivity index (χ3n) is 4.44. The van der Waals surface area contributed by atoms with Gasteiger partial charge in [-0.1, -0.05) is 70.4 Å². The minimum Gasteiger partial charge on any atom is -0.548 e. The molecule has 0 aromatic heterocycles. The van der Waals surface area contributed by atoms with E-state index in [9.17, 15) is 14.7 Å². The Bertz CT molecular complexity index is 370. The summed E-state index contributed by atoms with van der Waals surface area (Å²) in [6.45, 7) is 1.94. The van der Waals surface area contributed by atoms with Gasteiger partial charge in [0.2, 0.25) is 5.91 Å². The molecule has 4 N–H and O–H groups in total. The molecule has 0 heterocycles. The minimum absolute atomic E-state index is 0. The van der Waals surface area contributed by atoms with Crippen LogP contribution in [-0.4, -0.2) is 30.4 Å². The molecular formula is C21H42N2O3. The molecular weight excluding hydrogens is 328 g/mol. The van der Waals surface area contributed by atoms with Crippen LogP contribution in [0.5, 0.6) is 0 Å². The summed E-state index contributed by atoms with van der Waals surface area (Å²) in [5.74, 6) is -1.32. The van der Waals surface area contributed by atoms with Crippen molar-refractivity contribution in [3.8, 4) is 0 Å². The summed E-state index contributed by atoms with van der Waals surface area (Å²) in [5.41, 5.74) is 0. The van der Waals surface area contributed by atoms with Crippen LogP contribution < -0.4 is 11.3 Å². The van der Waals surface area contributed by atoms with Crippen LogP contribution in [0.15, 0.2) is 12.2 Å². The van der Waals surface area contributed by atoms with Crippen molar-refractivity contribution >= 4 is 11.9 Å². The number of likely N-dealkylation sites (N-methyl/N-ethyl adjacent to an activating group) is 1. The van der Waals surface area contributed by atoms with Gasteiger partial charge in [-0.15, -0.1) is 0 Å². The molecule has 0 saturated carbocycles. The van der Waals surface area contributed by atoms with E-state index in [0.29, 0.717) is 6.42 Å². The first-order chi connectivity index (χ1) is 12.1. The molecule has 0 atom stereocenters. The largest absolute Gasteiger partial charge is 0.548 e. The number of allylic oxidation sites excluding steroid dienone is 2. The summed E-state index contributed by atoms with van der Waals surface area (Å²) in [6.07, 6.45) is 21.0. The molecule has 0 rings (SSSR count). The van der Waals surface area contributed by atoms with Gasteiger partial charge >= 0.3 is 0 Å². The quantitative estimate of drug-likeness (QED) is 0.299. The molecule has 0 unspecified atom stereocenters. The third-order valence-corrected chi connectivity index (χ3v) is 4.44. The lowest BCUT2D eigenvalue weighted by Gasteiger charge is -2.17. The SMILES string of the molecule is CCCCCCCC/C=C/CCCCCCCC(=O)N(C)CC(=O)[O-].[NH4+]. The number of nitrogens with zero attached hydrogens (tertiary/aromatic N) is 1. The molecule has 0 aromatic rings. The van der Waals surface area contributed by atoms with Gasteiger partial charge in [-0.05, 0) is 32.1 Å². The Kier molecular flexibility index (Phi) is 20.6. The second-order valence-corrected chi connectivity index (χ2v) is 6.96. The normalized spacial score (nSPS) is 10.7. The van der Waals surface area contributed by atoms with Crippen LogP contribution >= 0.6 is 0 Å². The van der Waals surface area contributed by atoms with E-state index in [0.717, 1.165) is 25.7 Å². The zero-order chi connectivity index (χ0) is 18.8. The maximum absolute atomic E-state index is 11.6. The Morgan fingerprint density at radius 3 is 1.77 bits per heavy atom. The Morgan fingerprint density at radius 2 is 1.27 bits per heavy atom. The number of aliphatic carboxylic acids is 1. The molecule has 1 amide bonds. The lowest BCUT2D eigenvalue weighted by atomic mass is 10.1. The molecule has 0 spiro atoms. The van der Waals surface area contributed by atoms with E-state index < -0.39 is 5.97 Å². The van der Waals surface area contributed by atoms with Crippen molar-refractivity contribution in [2.75, 3.05) is 13.6 Å². The number of hydrogen-bond donors (Lipinski definition) is 1. The molecule has 0 aliphatic heterocycles. The van der Waals surface area contributed by atoms with Crippen LogP contribution in [0.2, 0.25) is 0 Å². The monoisotopic (exact) mass is 370 g/mol. The van der Waals surface area contributed by atoms with Gasteiger partial charge in [-0.3, -0.25) is 4.79 Å². The second kappa shape index (κ2) is 20.0. The number of quaternary nitrogens is 1. The van der Waals surface area contributed by atoms with Gasteiger partial charge in [-0.2, -0.15) is 0 Å². The van der Waals surface area contributed by atoms with E-state index >= 15 is 0 Å². The molecule has 0 bridgehead atoms. The van der Waals surface area contributed by atoms with Crippen molar-refractivity contribution in [1.82, 2.24) is 11.1 Å². The van der Waals surface area contributed by atoms with E-state index in [2.05, 4.69) is 19.1 Å². The van der Waals surface area contributed by atoms with Crippen molar-refractivity contribution in [1.29, 1.82) is 0 Å². The smallest absolute Gasteiger partial charge is 0.222 e. The summed E-state index contributed by atoms with van der Waals surface area (Å²) in [5, 5.41) is 10.4. The maximum Gasteiger partial charge on any atom is 0.222 e. The number of unbranched alkanes of at least 4 members (excludes halogenated alkanes) is 11. The molecule has 154 valence electrons. The van der Waals surface area contributed by atoms with E-state index in [1.54, 1.807) is 0 Å². The Labute approximate surface area is 160 Å². The summed E-state index contributed by atoms with van der Waals surface area (Å²) in [7, 11) is 1.51. The number of carbonyl (C=O) groups is 2. The van der Waals surface area contributed by atoms with Crippen molar-refractivity contribution in [3.63, 3.8) is 0 Å². The fourth-order valence-corrected chi connectivity index (χ4v) is 2.82. The minimum atomic E-state index is -1.21. The summed E-state index contributed by atoms with van der Waals surface area (Å²) in [6, 6.07) is 0. The van der Waals surface area contributed by atoms with Crippen LogP contribution in [0, 0.1) is 0 Å². The van der Waals surface area contributed by atoms with Gasteiger partial charge < -0.3 is 21.0 Å². The predicted octanol–water partition coefficient (Wildman–Crippen LogP) is 4.61. The first-order valence-corrected chi connectivity index (χ1v) is 10.2. The van der Waals surface area contributed by atoms with Crippen LogP contribution in [0.3, 0.4) is 0 Å². The fourth-order valence-electron chi connectivity index (χ4n) is 2.82. The van der Waals surface area contributed by atoms with Crippen LogP contribution in [-0.2, 0) is 9.59 Å². The summed E-state index contributed by atoms with van der Waals surface area (Å²) < 4.78 is 0. The average Bonchev–Trinajstić information content (AvgIpc) is 2.57. The van der Waals surface area contributed by atoms with Gasteiger partial charge in [0.1, 0.15) is 0 Å². The average molecular weight is 371 g/mol. The van der Waals surface area contributed by atoms with Gasteiger partial charge in [-0.25, -0.2) is 0 Å². The molecule has 0 aliphatic carbocycles. The number of rotatable bonds is 17. The topological polar surface area (TPSA) is 96.9 Å². The Morgan fingerprint density at radius 1 is 0.808 bits per heavy atom. The molecule has 0 radical (unpaired) electrons. The van der Waals surface area contributed by atoms with Crippen molar-refractivity contribution in [2.45, 2.75) is 96.8 Å². The van der Waals surface area contributed by atoms with Crippen molar-refractivity contribution < 1.29 is 14.7 Å². The summed E-state index contributed by atoms with van der Waals surface area (Å²) >= 11 is 0. The molecule has 0 aliphatic rings. The first kappa shape index (κ1) is 26.9. The van der Waals surface area contributed by atoms with Crippen molar-refractivity contribution in [2.24, 2.45) is 0 Å². The molecule has 0 aromatic carbocycles. The lowest BCUT2D eigenvalue weighted by Crippen LogP contribution is -2.39. The van der Waals surface area contributed by atoms with E-state index in [1.165, 1.54) is 69.7 Å². The molecule has 5 nitrogen and oxygen atoms in total.